The Hall–Kier alpha value is -0.990. The van der Waals surface area contributed by atoms with Crippen molar-refractivity contribution in [3.05, 3.63) is 46.7 Å². The molecule has 0 aromatic heterocycles. The van der Waals surface area contributed by atoms with Gasteiger partial charge in [-0.1, -0.05) is 30.7 Å². The van der Waals surface area contributed by atoms with Gasteiger partial charge in [0, 0.05) is 5.02 Å². The summed E-state index contributed by atoms with van der Waals surface area (Å²) >= 11 is 5.91. The maximum atomic E-state index is 5.91. The Kier molecular flexibility index (Phi) is 4.46. The molecular formula is C14H18ClNO. The molecule has 1 aliphatic rings. The van der Waals surface area contributed by atoms with Gasteiger partial charge in [-0.2, -0.15) is 0 Å². The molecule has 1 aliphatic heterocycles. The van der Waals surface area contributed by atoms with Crippen molar-refractivity contribution in [3.63, 3.8) is 0 Å². The largest absolute Gasteiger partial charge is 0.496 e. The summed E-state index contributed by atoms with van der Waals surface area (Å²) in [7, 11) is 0. The van der Waals surface area contributed by atoms with Crippen LogP contribution in [0, 0.1) is 0 Å². The second-order valence-electron chi connectivity index (χ2n) is 4.14. The van der Waals surface area contributed by atoms with Gasteiger partial charge in [-0.05, 0) is 43.2 Å². The van der Waals surface area contributed by atoms with E-state index in [4.69, 9.17) is 16.3 Å². The molecule has 0 saturated heterocycles. The fourth-order valence-electron chi connectivity index (χ4n) is 2.02. The predicted molar refractivity (Wildman–Crippen MR) is 71.1 cm³/mol. The van der Waals surface area contributed by atoms with Gasteiger partial charge in [-0.15, -0.1) is 0 Å². The number of hydrogen-bond donors (Lipinski definition) is 1. The van der Waals surface area contributed by atoms with Gasteiger partial charge < -0.3 is 10.1 Å². The SMILES string of the molecule is CCNC(C1=CCCCO1)c1ccc(Cl)cc1. The highest BCUT2D eigenvalue weighted by Crippen LogP contribution is 2.26. The molecule has 0 aliphatic carbocycles. The van der Waals surface area contributed by atoms with Crippen LogP contribution in [0.3, 0.4) is 0 Å². The van der Waals surface area contributed by atoms with Gasteiger partial charge >= 0.3 is 0 Å². The number of halogens is 1. The second kappa shape index (κ2) is 6.08. The number of likely N-dealkylation sites (N-methyl/N-ethyl adjacent to an activating group) is 1. The highest BCUT2D eigenvalue weighted by Gasteiger charge is 2.18. The van der Waals surface area contributed by atoms with Crippen LogP contribution >= 0.6 is 11.6 Å². The summed E-state index contributed by atoms with van der Waals surface area (Å²) in [6, 6.07) is 8.09. The minimum Gasteiger partial charge on any atom is -0.496 e. The predicted octanol–water partition coefficient (Wildman–Crippen LogP) is 3.68. The number of rotatable bonds is 4. The highest BCUT2D eigenvalue weighted by atomic mass is 35.5. The fraction of sp³-hybridized carbons (Fsp3) is 0.429. The zero-order chi connectivity index (χ0) is 12.1. The topological polar surface area (TPSA) is 21.3 Å². The fourth-order valence-corrected chi connectivity index (χ4v) is 2.15. The lowest BCUT2D eigenvalue weighted by atomic mass is 10.0. The van der Waals surface area contributed by atoms with Crippen LogP contribution < -0.4 is 5.32 Å². The molecule has 0 bridgehead atoms. The van der Waals surface area contributed by atoms with Crippen molar-refractivity contribution in [1.29, 1.82) is 0 Å². The van der Waals surface area contributed by atoms with E-state index in [0.717, 1.165) is 36.8 Å². The first-order valence-electron chi connectivity index (χ1n) is 6.13. The molecule has 92 valence electrons. The Bertz CT molecular complexity index is 386. The first-order valence-corrected chi connectivity index (χ1v) is 6.50. The van der Waals surface area contributed by atoms with E-state index in [1.807, 2.05) is 12.1 Å². The van der Waals surface area contributed by atoms with Crippen molar-refractivity contribution in [1.82, 2.24) is 5.32 Å². The molecule has 1 heterocycles. The maximum absolute atomic E-state index is 5.91. The quantitative estimate of drug-likeness (QED) is 0.881. The van der Waals surface area contributed by atoms with Crippen LogP contribution in [0.2, 0.25) is 5.02 Å². The smallest absolute Gasteiger partial charge is 0.113 e. The normalized spacial score (nSPS) is 17.2. The zero-order valence-corrected chi connectivity index (χ0v) is 10.8. The molecule has 3 heteroatoms. The van der Waals surface area contributed by atoms with Crippen LogP contribution in [-0.4, -0.2) is 13.2 Å². The lowest BCUT2D eigenvalue weighted by Gasteiger charge is -2.24. The van der Waals surface area contributed by atoms with Gasteiger partial charge in [0.15, 0.2) is 0 Å². The Balaban J connectivity index is 2.21. The van der Waals surface area contributed by atoms with E-state index in [1.165, 1.54) is 5.56 Å². The van der Waals surface area contributed by atoms with Crippen molar-refractivity contribution in [3.8, 4) is 0 Å². The van der Waals surface area contributed by atoms with Gasteiger partial charge in [0.05, 0.1) is 12.6 Å². The first-order chi connectivity index (χ1) is 8.31. The summed E-state index contributed by atoms with van der Waals surface area (Å²) in [5.41, 5.74) is 1.20. The summed E-state index contributed by atoms with van der Waals surface area (Å²) in [6.07, 6.45) is 4.40. The van der Waals surface area contributed by atoms with Crippen LogP contribution in [-0.2, 0) is 4.74 Å². The summed E-state index contributed by atoms with van der Waals surface area (Å²) < 4.78 is 5.74. The number of benzene rings is 1. The monoisotopic (exact) mass is 251 g/mol. The second-order valence-corrected chi connectivity index (χ2v) is 4.58. The molecule has 0 spiro atoms. The minimum atomic E-state index is 0.151. The molecule has 1 unspecified atom stereocenters. The number of hydrogen-bond acceptors (Lipinski definition) is 2. The van der Waals surface area contributed by atoms with E-state index < -0.39 is 0 Å². The highest BCUT2D eigenvalue weighted by molar-refractivity contribution is 6.30. The first kappa shape index (κ1) is 12.5. The molecule has 1 aromatic rings. The molecule has 2 nitrogen and oxygen atoms in total. The molecule has 0 amide bonds. The molecule has 0 saturated carbocycles. The van der Waals surface area contributed by atoms with Gasteiger partial charge in [-0.25, -0.2) is 0 Å². The number of ether oxygens (including phenoxy) is 1. The molecular weight excluding hydrogens is 234 g/mol. The van der Waals surface area contributed by atoms with Crippen molar-refractivity contribution in [2.45, 2.75) is 25.8 Å². The maximum Gasteiger partial charge on any atom is 0.113 e. The van der Waals surface area contributed by atoms with Crippen LogP contribution in [0.5, 0.6) is 0 Å². The molecule has 1 atom stereocenters. The average molecular weight is 252 g/mol. The Morgan fingerprint density at radius 1 is 1.35 bits per heavy atom. The van der Waals surface area contributed by atoms with Crippen molar-refractivity contribution in [2.75, 3.05) is 13.2 Å². The molecule has 17 heavy (non-hydrogen) atoms. The lowest BCUT2D eigenvalue weighted by molar-refractivity contribution is 0.168. The van der Waals surface area contributed by atoms with Crippen LogP contribution in [0.15, 0.2) is 36.1 Å². The van der Waals surface area contributed by atoms with E-state index in [-0.39, 0.29) is 6.04 Å². The van der Waals surface area contributed by atoms with Crippen molar-refractivity contribution >= 4 is 11.6 Å². The van der Waals surface area contributed by atoms with Crippen LogP contribution in [0.1, 0.15) is 31.4 Å². The summed E-state index contributed by atoms with van der Waals surface area (Å²) in [5, 5.41) is 4.22. The average Bonchev–Trinajstić information content (AvgIpc) is 2.38. The van der Waals surface area contributed by atoms with Gasteiger partial charge in [0.2, 0.25) is 0 Å². The number of nitrogens with one attached hydrogen (secondary N) is 1. The van der Waals surface area contributed by atoms with Crippen LogP contribution in [0.4, 0.5) is 0 Å². The lowest BCUT2D eigenvalue weighted by Crippen LogP contribution is -2.25. The minimum absolute atomic E-state index is 0.151. The van der Waals surface area contributed by atoms with E-state index in [1.54, 1.807) is 0 Å². The number of allylic oxidation sites excluding steroid dienone is 1. The Morgan fingerprint density at radius 3 is 2.71 bits per heavy atom. The zero-order valence-electron chi connectivity index (χ0n) is 10.1. The molecule has 1 N–H and O–H groups in total. The summed E-state index contributed by atoms with van der Waals surface area (Å²) in [6.45, 7) is 3.83. The van der Waals surface area contributed by atoms with E-state index >= 15 is 0 Å². The third-order valence-electron chi connectivity index (χ3n) is 2.86. The third-order valence-corrected chi connectivity index (χ3v) is 3.11. The standard InChI is InChI=1S/C14H18ClNO/c1-2-16-14(13-5-3-4-10-17-13)11-6-8-12(15)9-7-11/h5-9,14,16H,2-4,10H2,1H3. The van der Waals surface area contributed by atoms with E-state index in [9.17, 15) is 0 Å². The van der Waals surface area contributed by atoms with Crippen LogP contribution in [0.25, 0.3) is 0 Å². The van der Waals surface area contributed by atoms with Crippen molar-refractivity contribution < 1.29 is 4.74 Å². The molecule has 0 fully saturated rings. The van der Waals surface area contributed by atoms with E-state index in [2.05, 4.69) is 30.4 Å². The Labute approximate surface area is 108 Å². The third kappa shape index (κ3) is 3.24. The van der Waals surface area contributed by atoms with Gasteiger partial charge in [0.1, 0.15) is 5.76 Å². The molecule has 0 radical (unpaired) electrons. The summed E-state index contributed by atoms with van der Waals surface area (Å²) in [5.74, 6) is 1.04. The molecule has 2 rings (SSSR count). The van der Waals surface area contributed by atoms with Crippen molar-refractivity contribution in [2.24, 2.45) is 0 Å². The Morgan fingerprint density at radius 2 is 2.12 bits per heavy atom. The van der Waals surface area contributed by atoms with E-state index in [0.29, 0.717) is 0 Å². The molecule has 1 aromatic carbocycles. The van der Waals surface area contributed by atoms with Gasteiger partial charge in [-0.3, -0.25) is 0 Å². The van der Waals surface area contributed by atoms with Gasteiger partial charge in [0.25, 0.3) is 0 Å². The summed E-state index contributed by atoms with van der Waals surface area (Å²) in [4.78, 5) is 0.